The Bertz CT molecular complexity index is 548. The predicted octanol–water partition coefficient (Wildman–Crippen LogP) is 4.92. The van der Waals surface area contributed by atoms with Crippen LogP contribution in [0.4, 0.5) is 0 Å². The molecule has 0 fully saturated rings. The first kappa shape index (κ1) is 15.5. The van der Waals surface area contributed by atoms with Crippen LogP contribution in [0.25, 0.3) is 0 Å². The zero-order valence-corrected chi connectivity index (χ0v) is 14.5. The largest absolute Gasteiger partial charge is 0.494 e. The molecule has 0 aliphatic rings. The van der Waals surface area contributed by atoms with Crippen molar-refractivity contribution in [2.75, 3.05) is 13.7 Å². The molecule has 1 heterocycles. The molecule has 1 unspecified atom stereocenters. The summed E-state index contributed by atoms with van der Waals surface area (Å²) in [5.41, 5.74) is 1.23. The lowest BCUT2D eigenvalue weighted by atomic mass is 10.1. The van der Waals surface area contributed by atoms with Crippen molar-refractivity contribution < 1.29 is 4.74 Å². The van der Waals surface area contributed by atoms with Gasteiger partial charge < -0.3 is 10.1 Å². The first-order valence-corrected chi connectivity index (χ1v) is 8.42. The Morgan fingerprint density at radius 3 is 2.75 bits per heavy atom. The van der Waals surface area contributed by atoms with Crippen molar-refractivity contribution in [3.05, 3.63) is 50.1 Å². The zero-order chi connectivity index (χ0) is 14.5. The number of rotatable bonds is 6. The van der Waals surface area contributed by atoms with E-state index in [1.807, 2.05) is 24.5 Å². The van der Waals surface area contributed by atoms with Crippen LogP contribution in [0.5, 0.6) is 5.75 Å². The summed E-state index contributed by atoms with van der Waals surface area (Å²) in [6, 6.07) is 10.7. The van der Waals surface area contributed by atoms with Gasteiger partial charge in [-0.05, 0) is 60.1 Å². The summed E-state index contributed by atoms with van der Waals surface area (Å²) >= 11 is 5.41. The number of aryl methyl sites for hydroxylation is 1. The van der Waals surface area contributed by atoms with E-state index < -0.39 is 0 Å². The Morgan fingerprint density at radius 1 is 1.35 bits per heavy atom. The van der Waals surface area contributed by atoms with Gasteiger partial charge in [0, 0.05) is 14.2 Å². The SMILES string of the molecule is CCCOc1cccc(C(NC)c2cc(Br)c(C)s2)c1. The number of hydrogen-bond donors (Lipinski definition) is 1. The summed E-state index contributed by atoms with van der Waals surface area (Å²) in [6.45, 7) is 5.01. The maximum Gasteiger partial charge on any atom is 0.119 e. The molecule has 2 nitrogen and oxygen atoms in total. The van der Waals surface area contributed by atoms with Crippen LogP contribution < -0.4 is 10.1 Å². The lowest BCUT2D eigenvalue weighted by molar-refractivity contribution is 0.317. The van der Waals surface area contributed by atoms with Crippen LogP contribution in [0.15, 0.2) is 34.8 Å². The normalized spacial score (nSPS) is 12.4. The van der Waals surface area contributed by atoms with Crippen LogP contribution in [-0.2, 0) is 0 Å². The van der Waals surface area contributed by atoms with E-state index in [0.717, 1.165) is 18.8 Å². The fourth-order valence-electron chi connectivity index (χ4n) is 2.10. The van der Waals surface area contributed by atoms with Gasteiger partial charge in [-0.25, -0.2) is 0 Å². The average molecular weight is 354 g/mol. The number of ether oxygens (including phenoxy) is 1. The van der Waals surface area contributed by atoms with Gasteiger partial charge in [-0.3, -0.25) is 0 Å². The summed E-state index contributed by atoms with van der Waals surface area (Å²) in [7, 11) is 1.99. The van der Waals surface area contributed by atoms with E-state index in [2.05, 4.69) is 59.4 Å². The molecule has 4 heteroatoms. The van der Waals surface area contributed by atoms with Gasteiger partial charge in [0.15, 0.2) is 0 Å². The molecule has 0 spiro atoms. The smallest absolute Gasteiger partial charge is 0.119 e. The highest BCUT2D eigenvalue weighted by Gasteiger charge is 2.16. The molecule has 20 heavy (non-hydrogen) atoms. The fourth-order valence-corrected chi connectivity index (χ4v) is 3.80. The van der Waals surface area contributed by atoms with Crippen LogP contribution in [0.3, 0.4) is 0 Å². The highest BCUT2D eigenvalue weighted by atomic mass is 79.9. The van der Waals surface area contributed by atoms with E-state index in [1.165, 1.54) is 19.8 Å². The van der Waals surface area contributed by atoms with E-state index in [-0.39, 0.29) is 6.04 Å². The Kier molecular flexibility index (Phi) is 5.64. The Balaban J connectivity index is 2.27. The van der Waals surface area contributed by atoms with Crippen LogP contribution in [-0.4, -0.2) is 13.7 Å². The minimum Gasteiger partial charge on any atom is -0.494 e. The van der Waals surface area contributed by atoms with Crippen molar-refractivity contribution in [2.45, 2.75) is 26.3 Å². The Morgan fingerprint density at radius 2 is 2.15 bits per heavy atom. The third kappa shape index (κ3) is 3.62. The van der Waals surface area contributed by atoms with Crippen LogP contribution in [0, 0.1) is 6.92 Å². The monoisotopic (exact) mass is 353 g/mol. The van der Waals surface area contributed by atoms with E-state index in [1.54, 1.807) is 0 Å². The summed E-state index contributed by atoms with van der Waals surface area (Å²) in [5, 5.41) is 3.39. The minimum absolute atomic E-state index is 0.204. The van der Waals surface area contributed by atoms with Gasteiger partial charge in [-0.1, -0.05) is 19.1 Å². The predicted molar refractivity (Wildman–Crippen MR) is 89.9 cm³/mol. The second-order valence-electron chi connectivity index (χ2n) is 4.70. The maximum absolute atomic E-state index is 5.72. The van der Waals surface area contributed by atoms with Gasteiger partial charge in [-0.15, -0.1) is 11.3 Å². The van der Waals surface area contributed by atoms with Gasteiger partial charge in [0.05, 0.1) is 12.6 Å². The first-order valence-electron chi connectivity index (χ1n) is 6.81. The number of hydrogen-bond acceptors (Lipinski definition) is 3. The Hall–Kier alpha value is -0.840. The summed E-state index contributed by atoms with van der Waals surface area (Å²) in [5.74, 6) is 0.942. The van der Waals surface area contributed by atoms with Crippen LogP contribution in [0.1, 0.15) is 34.7 Å². The van der Waals surface area contributed by atoms with Gasteiger partial charge in [0.2, 0.25) is 0 Å². The molecule has 1 aromatic heterocycles. The molecule has 0 saturated carbocycles. The fraction of sp³-hybridized carbons (Fsp3) is 0.375. The average Bonchev–Trinajstić information content (AvgIpc) is 2.77. The second kappa shape index (κ2) is 7.25. The summed E-state index contributed by atoms with van der Waals surface area (Å²) in [6.07, 6.45) is 1.02. The lowest BCUT2D eigenvalue weighted by Gasteiger charge is -2.16. The van der Waals surface area contributed by atoms with E-state index in [4.69, 9.17) is 4.74 Å². The van der Waals surface area contributed by atoms with Crippen molar-refractivity contribution in [1.82, 2.24) is 5.32 Å². The lowest BCUT2D eigenvalue weighted by Crippen LogP contribution is -2.16. The zero-order valence-electron chi connectivity index (χ0n) is 12.1. The van der Waals surface area contributed by atoms with Crippen LogP contribution in [0.2, 0.25) is 0 Å². The molecule has 2 aromatic rings. The molecule has 0 amide bonds. The van der Waals surface area contributed by atoms with Crippen molar-refractivity contribution in [3.63, 3.8) is 0 Å². The number of thiophene rings is 1. The van der Waals surface area contributed by atoms with Crippen molar-refractivity contribution in [2.24, 2.45) is 0 Å². The second-order valence-corrected chi connectivity index (χ2v) is 6.84. The molecule has 1 N–H and O–H groups in total. The highest BCUT2D eigenvalue weighted by Crippen LogP contribution is 2.34. The van der Waals surface area contributed by atoms with E-state index in [0.29, 0.717) is 0 Å². The number of halogens is 1. The van der Waals surface area contributed by atoms with Crippen LogP contribution >= 0.6 is 27.3 Å². The van der Waals surface area contributed by atoms with Gasteiger partial charge in [0.25, 0.3) is 0 Å². The molecule has 2 rings (SSSR count). The van der Waals surface area contributed by atoms with Gasteiger partial charge in [-0.2, -0.15) is 0 Å². The maximum atomic E-state index is 5.72. The molecule has 0 aliphatic carbocycles. The van der Waals surface area contributed by atoms with Crippen molar-refractivity contribution in [3.8, 4) is 5.75 Å². The molecule has 0 bridgehead atoms. The van der Waals surface area contributed by atoms with Crippen molar-refractivity contribution in [1.29, 1.82) is 0 Å². The van der Waals surface area contributed by atoms with E-state index in [9.17, 15) is 0 Å². The van der Waals surface area contributed by atoms with Gasteiger partial charge >= 0.3 is 0 Å². The Labute approximate surface area is 133 Å². The first-order chi connectivity index (χ1) is 9.65. The molecule has 0 aliphatic heterocycles. The van der Waals surface area contributed by atoms with E-state index >= 15 is 0 Å². The molecular formula is C16H20BrNOS. The van der Waals surface area contributed by atoms with Crippen molar-refractivity contribution >= 4 is 27.3 Å². The molecule has 1 aromatic carbocycles. The third-order valence-electron chi connectivity index (χ3n) is 3.11. The molecule has 0 saturated heterocycles. The number of benzene rings is 1. The molecular weight excluding hydrogens is 334 g/mol. The minimum atomic E-state index is 0.204. The quantitative estimate of drug-likeness (QED) is 0.795. The summed E-state index contributed by atoms with van der Waals surface area (Å²) in [4.78, 5) is 2.61. The molecule has 0 radical (unpaired) electrons. The molecule has 1 atom stereocenters. The van der Waals surface area contributed by atoms with Gasteiger partial charge in [0.1, 0.15) is 5.75 Å². The third-order valence-corrected chi connectivity index (χ3v) is 5.32. The number of nitrogens with one attached hydrogen (secondary N) is 1. The topological polar surface area (TPSA) is 21.3 Å². The highest BCUT2D eigenvalue weighted by molar-refractivity contribution is 9.10. The molecule has 108 valence electrons. The summed E-state index contributed by atoms with van der Waals surface area (Å²) < 4.78 is 6.90. The standard InChI is InChI=1S/C16H20BrNOS/c1-4-8-19-13-7-5-6-12(9-13)16(18-3)15-10-14(17)11(2)20-15/h5-7,9-10,16,18H,4,8H2,1-3H3.